The van der Waals surface area contributed by atoms with E-state index in [-0.39, 0.29) is 29.3 Å². The number of anilines is 1. The Kier molecular flexibility index (Phi) is 9.44. The van der Waals surface area contributed by atoms with Crippen LogP contribution in [0.25, 0.3) is 0 Å². The highest BCUT2D eigenvalue weighted by atomic mass is 16.6. The molecule has 0 heterocycles. The minimum Gasteiger partial charge on any atom is -0.356 e. The Morgan fingerprint density at radius 1 is 1.00 bits per heavy atom. The number of non-ortho nitro benzene ring substituents is 2. The summed E-state index contributed by atoms with van der Waals surface area (Å²) in [4.78, 5) is 47.9. The molecule has 2 aromatic rings. The molecule has 0 saturated carbocycles. The summed E-state index contributed by atoms with van der Waals surface area (Å²) in [5.74, 6) is -0.427. The van der Waals surface area contributed by atoms with E-state index in [4.69, 9.17) is 0 Å². The van der Waals surface area contributed by atoms with Gasteiger partial charge in [-0.1, -0.05) is 45.9 Å². The van der Waals surface area contributed by atoms with Gasteiger partial charge in [-0.05, 0) is 36.3 Å². The SMILES string of the molecule is CC(CC(=O)NCCCN(C(=O)c1cc([N+](=O)[O-])cc([N+](=O)[O-])c1)c1ccccc1)CC(C)(C)C. The number of hydrogen-bond donors (Lipinski definition) is 1. The molecule has 1 N–H and O–H groups in total. The molecule has 1 unspecified atom stereocenters. The van der Waals surface area contributed by atoms with Gasteiger partial charge in [-0.25, -0.2) is 0 Å². The molecule has 10 nitrogen and oxygen atoms in total. The van der Waals surface area contributed by atoms with Crippen molar-refractivity contribution in [3.8, 4) is 0 Å². The molecule has 188 valence electrons. The predicted octanol–water partition coefficient (Wildman–Crippen LogP) is 5.12. The second-order valence-electron chi connectivity index (χ2n) is 9.82. The van der Waals surface area contributed by atoms with Crippen LogP contribution in [0.15, 0.2) is 48.5 Å². The molecular formula is C25H32N4O6. The highest BCUT2D eigenvalue weighted by Gasteiger charge is 2.24. The van der Waals surface area contributed by atoms with Crippen LogP contribution in [0.2, 0.25) is 0 Å². The van der Waals surface area contributed by atoms with Crippen LogP contribution >= 0.6 is 0 Å². The first-order chi connectivity index (χ1) is 16.4. The van der Waals surface area contributed by atoms with E-state index < -0.39 is 27.1 Å². The van der Waals surface area contributed by atoms with Crippen molar-refractivity contribution in [2.75, 3.05) is 18.0 Å². The molecule has 0 fully saturated rings. The van der Waals surface area contributed by atoms with Crippen molar-refractivity contribution < 1.29 is 19.4 Å². The van der Waals surface area contributed by atoms with Crippen LogP contribution in [0.1, 0.15) is 57.3 Å². The predicted molar refractivity (Wildman–Crippen MR) is 133 cm³/mol. The molecule has 0 aliphatic carbocycles. The Bertz CT molecular complexity index is 1030. The summed E-state index contributed by atoms with van der Waals surface area (Å²) in [6.07, 6.45) is 1.76. The minimum atomic E-state index is -0.771. The number of rotatable bonds is 11. The van der Waals surface area contributed by atoms with Crippen molar-refractivity contribution in [2.24, 2.45) is 11.3 Å². The highest BCUT2D eigenvalue weighted by molar-refractivity contribution is 6.06. The van der Waals surface area contributed by atoms with Gasteiger partial charge in [0.15, 0.2) is 0 Å². The number of hydrogen-bond acceptors (Lipinski definition) is 6. The lowest BCUT2D eigenvalue weighted by molar-refractivity contribution is -0.394. The topological polar surface area (TPSA) is 136 Å². The lowest BCUT2D eigenvalue weighted by atomic mass is 9.84. The summed E-state index contributed by atoms with van der Waals surface area (Å²) in [5, 5.41) is 25.3. The Hall–Kier alpha value is -3.82. The van der Waals surface area contributed by atoms with Gasteiger partial charge in [0.05, 0.1) is 21.5 Å². The minimum absolute atomic E-state index is 0.0614. The van der Waals surface area contributed by atoms with E-state index in [9.17, 15) is 29.8 Å². The zero-order chi connectivity index (χ0) is 26.2. The highest BCUT2D eigenvalue weighted by Crippen LogP contribution is 2.27. The van der Waals surface area contributed by atoms with Crippen molar-refractivity contribution in [2.45, 2.75) is 47.0 Å². The fraction of sp³-hybridized carbons (Fsp3) is 0.440. The van der Waals surface area contributed by atoms with E-state index in [0.717, 1.165) is 24.6 Å². The van der Waals surface area contributed by atoms with Crippen molar-refractivity contribution in [1.82, 2.24) is 5.32 Å². The first kappa shape index (κ1) is 27.4. The Labute approximate surface area is 204 Å². The molecule has 0 saturated heterocycles. The summed E-state index contributed by atoms with van der Waals surface area (Å²) < 4.78 is 0. The van der Waals surface area contributed by atoms with E-state index in [2.05, 4.69) is 26.1 Å². The van der Waals surface area contributed by atoms with Crippen LogP contribution in [0.3, 0.4) is 0 Å². The van der Waals surface area contributed by atoms with Gasteiger partial charge >= 0.3 is 0 Å². The van der Waals surface area contributed by atoms with Gasteiger partial charge in [0.2, 0.25) is 5.91 Å². The third kappa shape index (κ3) is 8.80. The lowest BCUT2D eigenvalue weighted by Gasteiger charge is -2.24. The molecule has 0 radical (unpaired) electrons. The number of nitrogens with zero attached hydrogens (tertiary/aromatic N) is 3. The van der Waals surface area contributed by atoms with Crippen LogP contribution in [0.5, 0.6) is 0 Å². The van der Waals surface area contributed by atoms with Gasteiger partial charge in [0.25, 0.3) is 17.3 Å². The normalized spacial score (nSPS) is 12.0. The fourth-order valence-electron chi connectivity index (χ4n) is 4.01. The number of carbonyl (C=O) groups excluding carboxylic acids is 2. The number of nitro benzene ring substituents is 2. The van der Waals surface area contributed by atoms with Gasteiger partial charge in [-0.2, -0.15) is 0 Å². The fourth-order valence-corrected chi connectivity index (χ4v) is 4.01. The van der Waals surface area contributed by atoms with Crippen LogP contribution in [0, 0.1) is 31.6 Å². The quantitative estimate of drug-likeness (QED) is 0.267. The van der Waals surface area contributed by atoms with Crippen LogP contribution in [-0.2, 0) is 4.79 Å². The molecule has 1 atom stereocenters. The van der Waals surface area contributed by atoms with Crippen LogP contribution in [-0.4, -0.2) is 34.8 Å². The molecular weight excluding hydrogens is 452 g/mol. The van der Waals surface area contributed by atoms with Gasteiger partial charge < -0.3 is 10.2 Å². The molecule has 0 aliphatic rings. The first-order valence-corrected chi connectivity index (χ1v) is 11.4. The summed E-state index contributed by atoms with van der Waals surface area (Å²) in [6, 6.07) is 11.6. The summed E-state index contributed by atoms with van der Waals surface area (Å²) in [7, 11) is 0. The number of amides is 2. The third-order valence-corrected chi connectivity index (χ3v) is 5.26. The smallest absolute Gasteiger partial charge is 0.277 e. The van der Waals surface area contributed by atoms with Crippen molar-refractivity contribution in [3.63, 3.8) is 0 Å². The average Bonchev–Trinajstić information content (AvgIpc) is 2.77. The Morgan fingerprint density at radius 2 is 1.57 bits per heavy atom. The van der Waals surface area contributed by atoms with Crippen molar-refractivity contribution in [3.05, 3.63) is 74.3 Å². The van der Waals surface area contributed by atoms with E-state index in [1.165, 1.54) is 4.90 Å². The molecule has 0 spiro atoms. The molecule has 10 heteroatoms. The van der Waals surface area contributed by atoms with E-state index >= 15 is 0 Å². The summed E-state index contributed by atoms with van der Waals surface area (Å²) in [5.41, 5.74) is -0.552. The standard InChI is InChI=1S/C25H32N4O6/c1-18(17-25(2,3)4)13-23(30)26-11-8-12-27(20-9-6-5-7-10-20)24(31)19-14-21(28(32)33)16-22(15-19)29(34)35/h5-7,9-10,14-16,18H,8,11-13,17H2,1-4H3,(H,26,30). The monoisotopic (exact) mass is 484 g/mol. The van der Waals surface area contributed by atoms with Gasteiger partial charge in [0, 0.05) is 37.3 Å². The number of benzene rings is 2. The number of nitrogens with one attached hydrogen (secondary N) is 1. The first-order valence-electron chi connectivity index (χ1n) is 11.4. The van der Waals surface area contributed by atoms with Gasteiger partial charge in [-0.3, -0.25) is 29.8 Å². The number of nitro groups is 2. The molecule has 2 rings (SSSR count). The number of para-hydroxylation sites is 1. The average molecular weight is 485 g/mol. The maximum Gasteiger partial charge on any atom is 0.277 e. The van der Waals surface area contributed by atoms with Crippen LogP contribution < -0.4 is 10.2 Å². The zero-order valence-electron chi connectivity index (χ0n) is 20.5. The molecule has 0 bridgehead atoms. The molecule has 0 aromatic heterocycles. The second kappa shape index (κ2) is 12.0. The lowest BCUT2D eigenvalue weighted by Crippen LogP contribution is -2.35. The van der Waals surface area contributed by atoms with Crippen LogP contribution in [0.4, 0.5) is 17.1 Å². The van der Waals surface area contributed by atoms with E-state index in [1.807, 2.05) is 6.92 Å². The van der Waals surface area contributed by atoms with Crippen molar-refractivity contribution in [1.29, 1.82) is 0 Å². The molecule has 2 amide bonds. The van der Waals surface area contributed by atoms with Gasteiger partial charge in [0.1, 0.15) is 0 Å². The molecule has 2 aromatic carbocycles. The van der Waals surface area contributed by atoms with Crippen molar-refractivity contribution >= 4 is 28.9 Å². The second-order valence-corrected chi connectivity index (χ2v) is 9.82. The molecule has 35 heavy (non-hydrogen) atoms. The Balaban J connectivity index is 2.12. The summed E-state index contributed by atoms with van der Waals surface area (Å²) in [6.45, 7) is 8.98. The number of carbonyl (C=O) groups is 2. The summed E-state index contributed by atoms with van der Waals surface area (Å²) >= 11 is 0. The third-order valence-electron chi connectivity index (χ3n) is 5.26. The largest absolute Gasteiger partial charge is 0.356 e. The van der Waals surface area contributed by atoms with E-state index in [1.54, 1.807) is 30.3 Å². The van der Waals surface area contributed by atoms with E-state index in [0.29, 0.717) is 25.1 Å². The zero-order valence-corrected chi connectivity index (χ0v) is 20.5. The maximum atomic E-state index is 13.3. The maximum absolute atomic E-state index is 13.3. The Morgan fingerprint density at radius 3 is 2.09 bits per heavy atom. The molecule has 0 aliphatic heterocycles. The van der Waals surface area contributed by atoms with Gasteiger partial charge in [-0.15, -0.1) is 0 Å².